The van der Waals surface area contributed by atoms with Crippen molar-refractivity contribution in [2.24, 2.45) is 0 Å². The number of hydrogen-bond acceptors (Lipinski definition) is 2. The maximum absolute atomic E-state index is 3.61. The molecule has 106 valence electrons. The van der Waals surface area contributed by atoms with Gasteiger partial charge < -0.3 is 5.32 Å². The van der Waals surface area contributed by atoms with Crippen molar-refractivity contribution in [1.29, 1.82) is 0 Å². The lowest BCUT2D eigenvalue weighted by Gasteiger charge is -2.35. The number of nitrogens with one attached hydrogen (secondary N) is 1. The molecule has 1 heterocycles. The molecule has 1 aliphatic rings. The average Bonchev–Trinajstić information content (AvgIpc) is 2.39. The van der Waals surface area contributed by atoms with Crippen LogP contribution in [0.5, 0.6) is 0 Å². The number of halogens is 2. The lowest BCUT2D eigenvalue weighted by atomic mass is 9.99. The van der Waals surface area contributed by atoms with Crippen LogP contribution in [0.15, 0.2) is 27.1 Å². The molecule has 19 heavy (non-hydrogen) atoms. The Hall–Kier alpha value is 0.1000. The number of benzene rings is 1. The van der Waals surface area contributed by atoms with E-state index in [1.807, 2.05) is 0 Å². The van der Waals surface area contributed by atoms with E-state index in [1.54, 1.807) is 0 Å². The van der Waals surface area contributed by atoms with Crippen molar-refractivity contribution >= 4 is 31.9 Å². The van der Waals surface area contributed by atoms with Crippen LogP contribution in [0.3, 0.4) is 0 Å². The molecule has 0 aromatic heterocycles. The van der Waals surface area contributed by atoms with Crippen LogP contribution in [0.4, 0.5) is 0 Å². The van der Waals surface area contributed by atoms with Gasteiger partial charge in [-0.2, -0.15) is 0 Å². The van der Waals surface area contributed by atoms with Crippen molar-refractivity contribution in [1.82, 2.24) is 10.2 Å². The van der Waals surface area contributed by atoms with Crippen molar-refractivity contribution in [2.45, 2.75) is 32.2 Å². The van der Waals surface area contributed by atoms with Crippen LogP contribution in [0.2, 0.25) is 0 Å². The Morgan fingerprint density at radius 1 is 1.16 bits per heavy atom. The van der Waals surface area contributed by atoms with Crippen molar-refractivity contribution in [3.8, 4) is 0 Å². The van der Waals surface area contributed by atoms with Crippen molar-refractivity contribution in [3.05, 3.63) is 32.7 Å². The predicted molar refractivity (Wildman–Crippen MR) is 88.6 cm³/mol. The van der Waals surface area contributed by atoms with E-state index < -0.39 is 0 Å². The van der Waals surface area contributed by atoms with Gasteiger partial charge in [0, 0.05) is 41.2 Å². The SMILES string of the molecule is CCCC[C@H](c1cc(Br)cc(Br)c1)N1CCNCC1. The molecule has 2 nitrogen and oxygen atoms in total. The standard InChI is InChI=1S/C15H22Br2N2/c1-2-3-4-15(19-7-5-18-6-8-19)12-9-13(16)11-14(17)10-12/h9-11,15,18H,2-8H2,1H3/t15-/m1/s1. The summed E-state index contributed by atoms with van der Waals surface area (Å²) in [6.45, 7) is 6.79. The summed E-state index contributed by atoms with van der Waals surface area (Å²) in [5, 5.41) is 3.44. The summed E-state index contributed by atoms with van der Waals surface area (Å²) in [6.07, 6.45) is 3.80. The van der Waals surface area contributed by atoms with Gasteiger partial charge in [-0.3, -0.25) is 4.90 Å². The lowest BCUT2D eigenvalue weighted by Crippen LogP contribution is -2.45. The second kappa shape index (κ2) is 7.77. The van der Waals surface area contributed by atoms with Gasteiger partial charge >= 0.3 is 0 Å². The number of piperazine rings is 1. The molecular weight excluding hydrogens is 368 g/mol. The van der Waals surface area contributed by atoms with E-state index in [4.69, 9.17) is 0 Å². The fraction of sp³-hybridized carbons (Fsp3) is 0.600. The monoisotopic (exact) mass is 388 g/mol. The smallest absolute Gasteiger partial charge is 0.0350 e. The fourth-order valence-corrected chi connectivity index (χ4v) is 4.05. The topological polar surface area (TPSA) is 15.3 Å². The van der Waals surface area contributed by atoms with E-state index in [2.05, 4.69) is 67.2 Å². The Balaban J connectivity index is 2.19. The lowest BCUT2D eigenvalue weighted by molar-refractivity contribution is 0.163. The molecule has 0 radical (unpaired) electrons. The normalized spacial score (nSPS) is 18.5. The first-order valence-corrected chi connectivity index (χ1v) is 8.70. The summed E-state index contributed by atoms with van der Waals surface area (Å²) < 4.78 is 2.32. The first kappa shape index (κ1) is 15.5. The van der Waals surface area contributed by atoms with Gasteiger partial charge in [0.15, 0.2) is 0 Å². The van der Waals surface area contributed by atoms with Gasteiger partial charge in [0.2, 0.25) is 0 Å². The molecule has 1 N–H and O–H groups in total. The van der Waals surface area contributed by atoms with Crippen LogP contribution in [0, 0.1) is 0 Å². The van der Waals surface area contributed by atoms with Gasteiger partial charge in [-0.25, -0.2) is 0 Å². The molecule has 1 atom stereocenters. The van der Waals surface area contributed by atoms with Crippen molar-refractivity contribution in [2.75, 3.05) is 26.2 Å². The van der Waals surface area contributed by atoms with E-state index in [9.17, 15) is 0 Å². The van der Waals surface area contributed by atoms with Gasteiger partial charge in [-0.05, 0) is 30.2 Å². The summed E-state index contributed by atoms with van der Waals surface area (Å²) in [5.74, 6) is 0. The first-order valence-electron chi connectivity index (χ1n) is 7.11. The summed E-state index contributed by atoms with van der Waals surface area (Å²) in [6, 6.07) is 7.20. The highest BCUT2D eigenvalue weighted by Gasteiger charge is 2.22. The zero-order chi connectivity index (χ0) is 13.7. The number of hydrogen-bond donors (Lipinski definition) is 1. The summed E-state index contributed by atoms with van der Waals surface area (Å²) >= 11 is 7.23. The van der Waals surface area contributed by atoms with Gasteiger partial charge in [0.1, 0.15) is 0 Å². The maximum atomic E-state index is 3.61. The fourth-order valence-electron chi connectivity index (χ4n) is 2.72. The first-order chi connectivity index (χ1) is 9.20. The molecule has 1 fully saturated rings. The maximum Gasteiger partial charge on any atom is 0.0350 e. The van der Waals surface area contributed by atoms with Crippen LogP contribution in [-0.2, 0) is 0 Å². The van der Waals surface area contributed by atoms with Gasteiger partial charge in [0.05, 0.1) is 0 Å². The third-order valence-electron chi connectivity index (χ3n) is 3.69. The van der Waals surface area contributed by atoms with E-state index in [0.717, 1.165) is 35.1 Å². The molecule has 0 amide bonds. The van der Waals surface area contributed by atoms with Crippen molar-refractivity contribution < 1.29 is 0 Å². The summed E-state index contributed by atoms with van der Waals surface area (Å²) in [4.78, 5) is 2.63. The molecule has 0 spiro atoms. The Bertz CT molecular complexity index is 383. The minimum absolute atomic E-state index is 0.552. The van der Waals surface area contributed by atoms with Crippen LogP contribution < -0.4 is 5.32 Å². The molecular formula is C15H22Br2N2. The number of rotatable bonds is 5. The molecule has 0 aliphatic carbocycles. The second-order valence-electron chi connectivity index (χ2n) is 5.15. The largest absolute Gasteiger partial charge is 0.314 e. The molecule has 0 saturated carbocycles. The van der Waals surface area contributed by atoms with Crippen LogP contribution >= 0.6 is 31.9 Å². The molecule has 1 aromatic carbocycles. The molecule has 0 unspecified atom stereocenters. The summed E-state index contributed by atoms with van der Waals surface area (Å²) in [5.41, 5.74) is 1.43. The van der Waals surface area contributed by atoms with Crippen LogP contribution in [-0.4, -0.2) is 31.1 Å². The van der Waals surface area contributed by atoms with E-state index in [-0.39, 0.29) is 0 Å². The van der Waals surface area contributed by atoms with Crippen LogP contribution in [0.25, 0.3) is 0 Å². The third kappa shape index (κ3) is 4.55. The molecule has 1 aromatic rings. The minimum Gasteiger partial charge on any atom is -0.314 e. The Labute approximate surface area is 133 Å². The number of nitrogens with zero attached hydrogens (tertiary/aromatic N) is 1. The highest BCUT2D eigenvalue weighted by molar-refractivity contribution is 9.11. The van der Waals surface area contributed by atoms with E-state index in [0.29, 0.717) is 6.04 Å². The summed E-state index contributed by atoms with van der Waals surface area (Å²) in [7, 11) is 0. The quantitative estimate of drug-likeness (QED) is 0.805. The highest BCUT2D eigenvalue weighted by atomic mass is 79.9. The Morgan fingerprint density at radius 2 is 1.79 bits per heavy atom. The average molecular weight is 390 g/mol. The Kier molecular flexibility index (Phi) is 6.33. The molecule has 4 heteroatoms. The molecule has 1 aliphatic heterocycles. The molecule has 2 rings (SSSR count). The van der Waals surface area contributed by atoms with Gasteiger partial charge in [0.25, 0.3) is 0 Å². The Morgan fingerprint density at radius 3 is 2.37 bits per heavy atom. The minimum atomic E-state index is 0.552. The predicted octanol–water partition coefficient (Wildman–Crippen LogP) is 4.35. The zero-order valence-corrected chi connectivity index (χ0v) is 14.6. The van der Waals surface area contributed by atoms with Crippen molar-refractivity contribution in [3.63, 3.8) is 0 Å². The molecule has 1 saturated heterocycles. The zero-order valence-electron chi connectivity index (χ0n) is 11.5. The molecule has 0 bridgehead atoms. The highest BCUT2D eigenvalue weighted by Crippen LogP contribution is 2.31. The van der Waals surface area contributed by atoms with E-state index in [1.165, 1.54) is 24.8 Å². The number of unbranched alkanes of at least 4 members (excludes halogenated alkanes) is 1. The second-order valence-corrected chi connectivity index (χ2v) is 6.98. The van der Waals surface area contributed by atoms with Gasteiger partial charge in [-0.1, -0.05) is 51.6 Å². The van der Waals surface area contributed by atoms with Crippen LogP contribution in [0.1, 0.15) is 37.8 Å². The third-order valence-corrected chi connectivity index (χ3v) is 4.61. The van der Waals surface area contributed by atoms with Gasteiger partial charge in [-0.15, -0.1) is 0 Å². The van der Waals surface area contributed by atoms with E-state index >= 15 is 0 Å².